The SMILES string of the molecule is CCC1(CC)OC(C)C(c2c(Cl)cccc2Cl)O1. The van der Waals surface area contributed by atoms with Gasteiger partial charge >= 0.3 is 0 Å². The lowest BCUT2D eigenvalue weighted by Gasteiger charge is -2.25. The fraction of sp³-hybridized carbons (Fsp3) is 0.571. The number of ether oxygens (including phenoxy) is 2. The van der Waals surface area contributed by atoms with Gasteiger partial charge in [-0.15, -0.1) is 0 Å². The van der Waals surface area contributed by atoms with Crippen molar-refractivity contribution in [3.63, 3.8) is 0 Å². The van der Waals surface area contributed by atoms with Crippen molar-refractivity contribution in [3.8, 4) is 0 Å². The quantitative estimate of drug-likeness (QED) is 0.780. The maximum Gasteiger partial charge on any atom is 0.169 e. The molecule has 18 heavy (non-hydrogen) atoms. The molecule has 1 heterocycles. The highest BCUT2D eigenvalue weighted by atomic mass is 35.5. The number of hydrogen-bond acceptors (Lipinski definition) is 2. The molecule has 0 radical (unpaired) electrons. The smallest absolute Gasteiger partial charge is 0.169 e. The summed E-state index contributed by atoms with van der Waals surface area (Å²) in [6.45, 7) is 6.12. The van der Waals surface area contributed by atoms with Crippen LogP contribution in [0, 0.1) is 0 Å². The van der Waals surface area contributed by atoms with Crippen molar-refractivity contribution in [1.29, 1.82) is 0 Å². The van der Waals surface area contributed by atoms with E-state index in [4.69, 9.17) is 32.7 Å². The van der Waals surface area contributed by atoms with E-state index in [0.717, 1.165) is 18.4 Å². The Hall–Kier alpha value is -0.280. The predicted octanol–water partition coefficient (Wildman–Crippen LogP) is 4.99. The van der Waals surface area contributed by atoms with E-state index in [1.807, 2.05) is 25.1 Å². The van der Waals surface area contributed by atoms with Crippen molar-refractivity contribution >= 4 is 23.2 Å². The van der Waals surface area contributed by atoms with Crippen LogP contribution in [0.3, 0.4) is 0 Å². The van der Waals surface area contributed by atoms with Crippen molar-refractivity contribution in [2.45, 2.75) is 51.6 Å². The summed E-state index contributed by atoms with van der Waals surface area (Å²) in [5, 5.41) is 1.26. The van der Waals surface area contributed by atoms with Gasteiger partial charge in [-0.3, -0.25) is 0 Å². The summed E-state index contributed by atoms with van der Waals surface area (Å²) in [7, 11) is 0. The molecule has 0 saturated carbocycles. The van der Waals surface area contributed by atoms with Gasteiger partial charge in [0, 0.05) is 15.6 Å². The molecular weight excluding hydrogens is 271 g/mol. The molecule has 100 valence electrons. The number of hydrogen-bond donors (Lipinski definition) is 0. The first kappa shape index (κ1) is 14.1. The van der Waals surface area contributed by atoms with E-state index >= 15 is 0 Å². The van der Waals surface area contributed by atoms with Crippen molar-refractivity contribution < 1.29 is 9.47 Å². The van der Waals surface area contributed by atoms with Gasteiger partial charge in [0.25, 0.3) is 0 Å². The van der Waals surface area contributed by atoms with Crippen molar-refractivity contribution in [2.75, 3.05) is 0 Å². The van der Waals surface area contributed by atoms with Crippen LogP contribution >= 0.6 is 23.2 Å². The van der Waals surface area contributed by atoms with Crippen LogP contribution in [-0.4, -0.2) is 11.9 Å². The molecule has 0 amide bonds. The highest BCUT2D eigenvalue weighted by Crippen LogP contribution is 2.45. The van der Waals surface area contributed by atoms with Crippen LogP contribution in [-0.2, 0) is 9.47 Å². The second-order valence-electron chi connectivity index (χ2n) is 4.61. The maximum absolute atomic E-state index is 6.23. The van der Waals surface area contributed by atoms with Gasteiger partial charge in [-0.2, -0.15) is 0 Å². The Labute approximate surface area is 118 Å². The van der Waals surface area contributed by atoms with Gasteiger partial charge in [-0.25, -0.2) is 0 Å². The number of halogens is 2. The topological polar surface area (TPSA) is 18.5 Å². The molecule has 1 aliphatic rings. The molecule has 2 atom stereocenters. The fourth-order valence-electron chi connectivity index (χ4n) is 2.42. The zero-order valence-electron chi connectivity index (χ0n) is 10.9. The maximum atomic E-state index is 6.23. The first-order chi connectivity index (χ1) is 8.53. The van der Waals surface area contributed by atoms with E-state index in [1.165, 1.54) is 0 Å². The Kier molecular flexibility index (Phi) is 4.22. The lowest BCUT2D eigenvalue weighted by atomic mass is 10.1. The summed E-state index contributed by atoms with van der Waals surface area (Å²) in [6.07, 6.45) is 1.37. The summed E-state index contributed by atoms with van der Waals surface area (Å²) in [6, 6.07) is 5.50. The molecule has 1 fully saturated rings. The zero-order chi connectivity index (χ0) is 13.3. The molecular formula is C14H18Cl2O2. The second-order valence-corrected chi connectivity index (χ2v) is 5.43. The standard InChI is InChI=1S/C14H18Cl2O2/c1-4-14(5-2)17-9(3)13(18-14)12-10(15)7-6-8-11(12)16/h6-9,13H,4-5H2,1-3H3. The van der Waals surface area contributed by atoms with Gasteiger partial charge in [-0.1, -0.05) is 43.1 Å². The summed E-state index contributed by atoms with van der Waals surface area (Å²) < 4.78 is 12.1. The van der Waals surface area contributed by atoms with E-state index in [1.54, 1.807) is 0 Å². The number of benzene rings is 1. The first-order valence-electron chi connectivity index (χ1n) is 6.32. The van der Waals surface area contributed by atoms with Crippen molar-refractivity contribution in [3.05, 3.63) is 33.8 Å². The summed E-state index contributed by atoms with van der Waals surface area (Å²) in [5.74, 6) is -0.507. The average molecular weight is 289 g/mol. The zero-order valence-corrected chi connectivity index (χ0v) is 12.4. The Bertz CT molecular complexity index is 410. The van der Waals surface area contributed by atoms with E-state index in [-0.39, 0.29) is 12.2 Å². The minimum absolute atomic E-state index is 0.0534. The summed E-state index contributed by atoms with van der Waals surface area (Å²) in [5.41, 5.74) is 0.831. The minimum Gasteiger partial charge on any atom is -0.344 e. The highest BCUT2D eigenvalue weighted by molar-refractivity contribution is 6.36. The fourth-order valence-corrected chi connectivity index (χ4v) is 3.03. The van der Waals surface area contributed by atoms with Crippen molar-refractivity contribution in [1.82, 2.24) is 0 Å². The van der Waals surface area contributed by atoms with E-state index in [0.29, 0.717) is 10.0 Å². The Morgan fingerprint density at radius 2 is 1.67 bits per heavy atom. The molecule has 0 bridgehead atoms. The van der Waals surface area contributed by atoms with Gasteiger partial charge in [0.1, 0.15) is 6.10 Å². The van der Waals surface area contributed by atoms with Crippen LogP contribution in [0.15, 0.2) is 18.2 Å². The van der Waals surface area contributed by atoms with Gasteiger partial charge in [0.2, 0.25) is 0 Å². The lowest BCUT2D eigenvalue weighted by molar-refractivity contribution is -0.178. The monoisotopic (exact) mass is 288 g/mol. The first-order valence-corrected chi connectivity index (χ1v) is 7.08. The van der Waals surface area contributed by atoms with Crippen LogP contribution in [0.25, 0.3) is 0 Å². The lowest BCUT2D eigenvalue weighted by Crippen LogP contribution is -2.28. The van der Waals surface area contributed by atoms with Crippen LogP contribution in [0.1, 0.15) is 45.3 Å². The van der Waals surface area contributed by atoms with Crippen LogP contribution in [0.2, 0.25) is 10.0 Å². The molecule has 2 nitrogen and oxygen atoms in total. The minimum atomic E-state index is -0.507. The number of rotatable bonds is 3. The Morgan fingerprint density at radius 3 is 2.11 bits per heavy atom. The largest absolute Gasteiger partial charge is 0.344 e. The summed E-state index contributed by atoms with van der Waals surface area (Å²) in [4.78, 5) is 0. The molecule has 1 aliphatic heterocycles. The molecule has 0 N–H and O–H groups in total. The van der Waals surface area contributed by atoms with Gasteiger partial charge in [0.15, 0.2) is 5.79 Å². The van der Waals surface area contributed by atoms with Gasteiger partial charge in [0.05, 0.1) is 6.10 Å². The molecule has 2 unspecified atom stereocenters. The third-order valence-corrected chi connectivity index (χ3v) is 4.19. The molecule has 2 rings (SSSR count). The van der Waals surface area contributed by atoms with Gasteiger partial charge in [-0.05, 0) is 31.9 Å². The van der Waals surface area contributed by atoms with Crippen LogP contribution < -0.4 is 0 Å². The van der Waals surface area contributed by atoms with Crippen molar-refractivity contribution in [2.24, 2.45) is 0 Å². The summed E-state index contributed by atoms with van der Waals surface area (Å²) >= 11 is 12.5. The third-order valence-electron chi connectivity index (χ3n) is 3.53. The molecule has 1 aromatic rings. The molecule has 0 spiro atoms. The normalized spacial score (nSPS) is 26.5. The molecule has 1 aromatic carbocycles. The highest BCUT2D eigenvalue weighted by Gasteiger charge is 2.45. The molecule has 0 aromatic heterocycles. The Morgan fingerprint density at radius 1 is 1.11 bits per heavy atom. The Balaban J connectivity index is 2.35. The van der Waals surface area contributed by atoms with E-state index in [2.05, 4.69) is 13.8 Å². The molecule has 0 aliphatic carbocycles. The average Bonchev–Trinajstić information content (AvgIpc) is 2.68. The third kappa shape index (κ3) is 2.39. The molecule has 1 saturated heterocycles. The molecule has 4 heteroatoms. The van der Waals surface area contributed by atoms with Gasteiger partial charge < -0.3 is 9.47 Å². The van der Waals surface area contributed by atoms with Crippen LogP contribution in [0.4, 0.5) is 0 Å². The predicted molar refractivity (Wildman–Crippen MR) is 74.1 cm³/mol. The second kappa shape index (κ2) is 5.38. The van der Waals surface area contributed by atoms with E-state index in [9.17, 15) is 0 Å². The van der Waals surface area contributed by atoms with Crippen LogP contribution in [0.5, 0.6) is 0 Å². The van der Waals surface area contributed by atoms with E-state index < -0.39 is 5.79 Å².